The summed E-state index contributed by atoms with van der Waals surface area (Å²) in [6.45, 7) is 10.2. The summed E-state index contributed by atoms with van der Waals surface area (Å²) >= 11 is 0. The zero-order valence-electron chi connectivity index (χ0n) is 23.9. The highest BCUT2D eigenvalue weighted by atomic mass is 16.5. The molecule has 0 saturated carbocycles. The van der Waals surface area contributed by atoms with Crippen LogP contribution in [0.2, 0.25) is 0 Å². The fourth-order valence-electron chi connectivity index (χ4n) is 5.99. The summed E-state index contributed by atoms with van der Waals surface area (Å²) in [6.07, 6.45) is 5.13. The number of carboxylic acid groups (broad SMARTS) is 2. The van der Waals surface area contributed by atoms with E-state index in [1.165, 1.54) is 0 Å². The smallest absolute Gasteiger partial charge is 0.307 e. The van der Waals surface area contributed by atoms with E-state index in [4.69, 9.17) is 9.47 Å². The van der Waals surface area contributed by atoms with Crippen LogP contribution in [-0.4, -0.2) is 84.4 Å². The highest BCUT2D eigenvalue weighted by molar-refractivity contribution is 5.74. The first-order valence-electron chi connectivity index (χ1n) is 14.7. The number of carbonyl (C=O) groups is 2. The van der Waals surface area contributed by atoms with Crippen molar-refractivity contribution in [2.45, 2.75) is 52.4 Å². The topological polar surface area (TPSA) is 99.5 Å². The van der Waals surface area contributed by atoms with Crippen molar-refractivity contribution in [1.82, 2.24) is 9.80 Å². The van der Waals surface area contributed by atoms with Crippen molar-refractivity contribution in [2.75, 3.05) is 52.5 Å². The number of carboxylic acids is 2. The molecular formula is C32H44N2O6. The molecule has 40 heavy (non-hydrogen) atoms. The summed E-state index contributed by atoms with van der Waals surface area (Å²) < 4.78 is 12.4. The number of ether oxygens (including phenoxy) is 2. The van der Waals surface area contributed by atoms with E-state index in [9.17, 15) is 19.8 Å². The second kappa shape index (κ2) is 14.5. The Morgan fingerprint density at radius 3 is 1.57 bits per heavy atom. The van der Waals surface area contributed by atoms with Crippen LogP contribution in [-0.2, 0) is 9.59 Å². The minimum absolute atomic E-state index is 0.252. The number of likely N-dealkylation sites (tertiary alicyclic amines) is 2. The summed E-state index contributed by atoms with van der Waals surface area (Å²) in [4.78, 5) is 27.1. The average Bonchev–Trinajstić information content (AvgIpc) is 2.95. The Morgan fingerprint density at radius 2 is 1.18 bits per heavy atom. The maximum Gasteiger partial charge on any atom is 0.307 e. The molecule has 2 saturated heterocycles. The van der Waals surface area contributed by atoms with Gasteiger partial charge in [0.05, 0.1) is 25.0 Å². The molecule has 2 aromatic carbocycles. The Hall–Kier alpha value is -3.10. The fraction of sp³-hybridized carbons (Fsp3) is 0.562. The van der Waals surface area contributed by atoms with E-state index in [0.717, 1.165) is 98.5 Å². The van der Waals surface area contributed by atoms with Crippen LogP contribution in [0.25, 0.3) is 11.1 Å². The summed E-state index contributed by atoms with van der Waals surface area (Å²) in [7, 11) is 0. The monoisotopic (exact) mass is 552 g/mol. The molecule has 4 rings (SSSR count). The molecule has 8 heteroatoms. The molecule has 0 aromatic heterocycles. The Kier molecular flexibility index (Phi) is 10.8. The van der Waals surface area contributed by atoms with E-state index in [-0.39, 0.29) is 11.8 Å². The quantitative estimate of drug-likeness (QED) is 0.331. The first-order valence-corrected chi connectivity index (χ1v) is 14.7. The van der Waals surface area contributed by atoms with Crippen molar-refractivity contribution in [3.63, 3.8) is 0 Å². The van der Waals surface area contributed by atoms with E-state index in [2.05, 4.69) is 35.8 Å². The van der Waals surface area contributed by atoms with Gasteiger partial charge in [0.25, 0.3) is 0 Å². The lowest BCUT2D eigenvalue weighted by atomic mass is 9.95. The van der Waals surface area contributed by atoms with Crippen LogP contribution >= 0.6 is 0 Å². The van der Waals surface area contributed by atoms with E-state index in [0.29, 0.717) is 26.3 Å². The third-order valence-electron chi connectivity index (χ3n) is 8.32. The average molecular weight is 553 g/mol. The minimum Gasteiger partial charge on any atom is -0.493 e. The van der Waals surface area contributed by atoms with Gasteiger partial charge in [0.15, 0.2) is 0 Å². The van der Waals surface area contributed by atoms with Gasteiger partial charge in [0.2, 0.25) is 0 Å². The van der Waals surface area contributed by atoms with Crippen LogP contribution in [0.3, 0.4) is 0 Å². The largest absolute Gasteiger partial charge is 0.493 e. The third-order valence-corrected chi connectivity index (χ3v) is 8.32. The fourth-order valence-corrected chi connectivity index (χ4v) is 5.99. The molecule has 2 unspecified atom stereocenters. The molecule has 0 spiro atoms. The van der Waals surface area contributed by atoms with Crippen molar-refractivity contribution < 1.29 is 29.3 Å². The second-order valence-electron chi connectivity index (χ2n) is 11.2. The molecule has 0 bridgehead atoms. The van der Waals surface area contributed by atoms with Crippen LogP contribution in [0.5, 0.6) is 11.5 Å². The van der Waals surface area contributed by atoms with Crippen molar-refractivity contribution in [2.24, 2.45) is 11.8 Å². The maximum atomic E-state index is 11.3. The molecule has 2 aliphatic rings. The van der Waals surface area contributed by atoms with Crippen molar-refractivity contribution >= 4 is 11.9 Å². The molecule has 0 amide bonds. The molecule has 2 aliphatic heterocycles. The maximum absolute atomic E-state index is 11.3. The molecule has 0 aliphatic carbocycles. The molecule has 2 atom stereocenters. The summed E-state index contributed by atoms with van der Waals surface area (Å²) in [5, 5.41) is 18.6. The highest BCUT2D eigenvalue weighted by Gasteiger charge is 2.26. The van der Waals surface area contributed by atoms with Crippen molar-refractivity contribution in [3.05, 3.63) is 47.5 Å². The Bertz CT molecular complexity index is 1060. The van der Waals surface area contributed by atoms with Gasteiger partial charge in [0, 0.05) is 26.2 Å². The summed E-state index contributed by atoms with van der Waals surface area (Å²) in [5.74, 6) is -0.147. The molecule has 8 nitrogen and oxygen atoms in total. The van der Waals surface area contributed by atoms with Crippen LogP contribution in [0.1, 0.15) is 49.7 Å². The van der Waals surface area contributed by atoms with Crippen LogP contribution in [0.15, 0.2) is 36.4 Å². The molecule has 2 heterocycles. The van der Waals surface area contributed by atoms with Gasteiger partial charge in [-0.2, -0.15) is 0 Å². The van der Waals surface area contributed by atoms with Gasteiger partial charge in [-0.25, -0.2) is 0 Å². The number of piperidine rings is 2. The zero-order valence-corrected chi connectivity index (χ0v) is 23.9. The number of hydrogen-bond acceptors (Lipinski definition) is 6. The van der Waals surface area contributed by atoms with Crippen LogP contribution < -0.4 is 9.47 Å². The predicted octanol–water partition coefficient (Wildman–Crippen LogP) is 5.10. The normalized spacial score (nSPS) is 20.2. The SMILES string of the molecule is Cc1c(OCCCN2CCCC(C(=O)O)C2)cccc1-c1cccc(OCCCN2CCCC(C(=O)O)C2)c1C. The molecule has 2 fully saturated rings. The van der Waals surface area contributed by atoms with E-state index < -0.39 is 11.9 Å². The first kappa shape index (κ1) is 29.9. The van der Waals surface area contributed by atoms with Crippen molar-refractivity contribution in [1.29, 1.82) is 0 Å². The van der Waals surface area contributed by atoms with Gasteiger partial charge in [0.1, 0.15) is 11.5 Å². The van der Waals surface area contributed by atoms with Gasteiger partial charge in [-0.3, -0.25) is 9.59 Å². The number of hydrogen-bond donors (Lipinski definition) is 2. The lowest BCUT2D eigenvalue weighted by Gasteiger charge is -2.30. The van der Waals surface area contributed by atoms with Gasteiger partial charge >= 0.3 is 11.9 Å². The number of aliphatic carboxylic acids is 2. The molecule has 0 radical (unpaired) electrons. The summed E-state index contributed by atoms with van der Waals surface area (Å²) in [6, 6.07) is 12.3. The first-order chi connectivity index (χ1) is 19.3. The highest BCUT2D eigenvalue weighted by Crippen LogP contribution is 2.35. The lowest BCUT2D eigenvalue weighted by molar-refractivity contribution is -0.144. The van der Waals surface area contributed by atoms with Gasteiger partial charge in [-0.15, -0.1) is 0 Å². The third kappa shape index (κ3) is 7.98. The lowest BCUT2D eigenvalue weighted by Crippen LogP contribution is -2.39. The standard InChI is InChI=1S/C32H44N2O6/c1-23-27(11-3-13-29(23)39-19-7-17-33-15-5-9-25(21-33)31(35)36)28-12-4-14-30(24(28)2)40-20-8-18-34-16-6-10-26(22-34)32(37)38/h3-4,11-14,25-26H,5-10,15-22H2,1-2H3,(H,35,36)(H,37,38). The number of rotatable bonds is 13. The molecular weight excluding hydrogens is 508 g/mol. The van der Waals surface area contributed by atoms with Crippen LogP contribution in [0, 0.1) is 25.7 Å². The van der Waals surface area contributed by atoms with Gasteiger partial charge in [-0.05, 0) is 99.8 Å². The number of benzene rings is 2. The van der Waals surface area contributed by atoms with Crippen LogP contribution in [0.4, 0.5) is 0 Å². The second-order valence-corrected chi connectivity index (χ2v) is 11.2. The molecule has 218 valence electrons. The van der Waals surface area contributed by atoms with Crippen molar-refractivity contribution in [3.8, 4) is 22.6 Å². The molecule has 2 N–H and O–H groups in total. The zero-order chi connectivity index (χ0) is 28.5. The summed E-state index contributed by atoms with van der Waals surface area (Å²) in [5.41, 5.74) is 4.41. The Morgan fingerprint density at radius 1 is 0.750 bits per heavy atom. The van der Waals surface area contributed by atoms with E-state index in [1.807, 2.05) is 24.3 Å². The minimum atomic E-state index is -0.689. The Labute approximate surface area is 237 Å². The Balaban J connectivity index is 1.28. The predicted molar refractivity (Wildman–Crippen MR) is 155 cm³/mol. The van der Waals surface area contributed by atoms with E-state index >= 15 is 0 Å². The van der Waals surface area contributed by atoms with Gasteiger partial charge in [-0.1, -0.05) is 24.3 Å². The van der Waals surface area contributed by atoms with Gasteiger partial charge < -0.3 is 29.5 Å². The van der Waals surface area contributed by atoms with E-state index in [1.54, 1.807) is 0 Å². The molecule has 2 aromatic rings. The number of nitrogens with zero attached hydrogens (tertiary/aromatic N) is 2.